The molecule has 0 saturated heterocycles. The maximum atomic E-state index is 4.16. The first kappa shape index (κ1) is 17.1. The van der Waals surface area contributed by atoms with Gasteiger partial charge in [0.2, 0.25) is 0 Å². The largest absolute Gasteiger partial charge is 0.378 e. The van der Waals surface area contributed by atoms with Gasteiger partial charge in [0.15, 0.2) is 0 Å². The van der Waals surface area contributed by atoms with Crippen molar-refractivity contribution in [2.24, 2.45) is 10.8 Å². The van der Waals surface area contributed by atoms with Gasteiger partial charge in [-0.15, -0.1) is 5.92 Å². The highest BCUT2D eigenvalue weighted by Crippen LogP contribution is 2.18. The van der Waals surface area contributed by atoms with Gasteiger partial charge in [-0.2, -0.15) is 0 Å². The van der Waals surface area contributed by atoms with Crippen LogP contribution in [-0.2, 0) is 0 Å². The van der Waals surface area contributed by atoms with Gasteiger partial charge in [-0.1, -0.05) is 33.3 Å². The lowest BCUT2D eigenvalue weighted by molar-refractivity contribution is 0.263. The Balaban J connectivity index is 3.94. The van der Waals surface area contributed by atoms with Gasteiger partial charge in [0, 0.05) is 31.1 Å². The molecule has 0 aliphatic carbocycles. The van der Waals surface area contributed by atoms with Gasteiger partial charge in [0.05, 0.1) is 0 Å². The third kappa shape index (κ3) is 10.3. The van der Waals surface area contributed by atoms with E-state index in [4.69, 9.17) is 0 Å². The second-order valence-corrected chi connectivity index (χ2v) is 7.39. The first-order valence-electron chi connectivity index (χ1n) is 6.90. The molecule has 0 spiro atoms. The lowest BCUT2D eigenvalue weighted by atomic mass is 9.96. The molecule has 0 bridgehead atoms. The first-order chi connectivity index (χ1) is 8.01. The molecule has 0 aliphatic rings. The topological polar surface area (TPSA) is 3.24 Å². The molecule has 0 heterocycles. The molecule has 1 nitrogen and oxygen atoms in total. The Morgan fingerprint density at radius 2 is 1.67 bits per heavy atom. The van der Waals surface area contributed by atoms with Gasteiger partial charge in [0.1, 0.15) is 0 Å². The van der Waals surface area contributed by atoms with E-state index in [1.54, 1.807) is 0 Å². The molecule has 0 aliphatic heterocycles. The Hall–Kier alpha value is -0.900. The van der Waals surface area contributed by atoms with Crippen molar-refractivity contribution in [2.75, 3.05) is 13.6 Å². The van der Waals surface area contributed by atoms with Crippen LogP contribution in [0.5, 0.6) is 0 Å². The molecule has 0 N–H and O–H groups in total. The summed E-state index contributed by atoms with van der Waals surface area (Å²) in [5.41, 5.74) is 1.67. The maximum absolute atomic E-state index is 4.16. The van der Waals surface area contributed by atoms with Crippen molar-refractivity contribution >= 4 is 0 Å². The quantitative estimate of drug-likeness (QED) is 0.504. The standard InChI is InChI=1S/C17H31N/c1-15(18(8)14-17(5,6)7)12-10-9-11-13-16(2,3)4/h1,9-10,12,14H2,2-8H3. The predicted molar refractivity (Wildman–Crippen MR) is 82.3 cm³/mol. The molecule has 1 heteroatoms. The minimum absolute atomic E-state index is 0.125. The molecular weight excluding hydrogens is 218 g/mol. The predicted octanol–water partition coefficient (Wildman–Crippen LogP) is 4.70. The average Bonchev–Trinajstić information content (AvgIpc) is 2.12. The van der Waals surface area contributed by atoms with E-state index in [2.05, 4.69) is 71.9 Å². The fraction of sp³-hybridized carbons (Fsp3) is 0.765. The number of nitrogens with zero attached hydrogens (tertiary/aromatic N) is 1. The summed E-state index contributed by atoms with van der Waals surface area (Å²) in [6, 6.07) is 0. The lowest BCUT2D eigenvalue weighted by Gasteiger charge is -2.29. The van der Waals surface area contributed by atoms with Crippen LogP contribution in [0.1, 0.15) is 60.8 Å². The summed E-state index contributed by atoms with van der Waals surface area (Å²) in [5, 5.41) is 0. The summed E-state index contributed by atoms with van der Waals surface area (Å²) in [4.78, 5) is 2.27. The van der Waals surface area contributed by atoms with E-state index in [1.807, 2.05) is 0 Å². The summed E-state index contributed by atoms with van der Waals surface area (Å²) in [5.74, 6) is 6.53. The molecule has 0 aromatic rings. The van der Waals surface area contributed by atoms with E-state index in [0.717, 1.165) is 25.8 Å². The molecule has 18 heavy (non-hydrogen) atoms. The van der Waals surface area contributed by atoms with E-state index < -0.39 is 0 Å². The molecule has 0 atom stereocenters. The zero-order valence-corrected chi connectivity index (χ0v) is 13.5. The highest BCUT2D eigenvalue weighted by atomic mass is 15.1. The fourth-order valence-corrected chi connectivity index (χ4v) is 1.72. The summed E-state index contributed by atoms with van der Waals surface area (Å²) in [7, 11) is 2.13. The molecule has 0 radical (unpaired) electrons. The number of rotatable bonds is 5. The Morgan fingerprint density at radius 1 is 1.11 bits per heavy atom. The fourth-order valence-electron chi connectivity index (χ4n) is 1.72. The molecule has 0 fully saturated rings. The van der Waals surface area contributed by atoms with Crippen molar-refractivity contribution in [3.8, 4) is 11.8 Å². The first-order valence-corrected chi connectivity index (χ1v) is 6.90. The van der Waals surface area contributed by atoms with Crippen LogP contribution in [0.15, 0.2) is 12.3 Å². The van der Waals surface area contributed by atoms with Crippen LogP contribution >= 0.6 is 0 Å². The summed E-state index contributed by atoms with van der Waals surface area (Å²) in [6.07, 6.45) is 3.13. The number of allylic oxidation sites excluding steroid dienone is 1. The number of hydrogen-bond donors (Lipinski definition) is 0. The lowest BCUT2D eigenvalue weighted by Crippen LogP contribution is -2.28. The summed E-state index contributed by atoms with van der Waals surface area (Å²) >= 11 is 0. The van der Waals surface area contributed by atoms with Crippen LogP contribution in [0.4, 0.5) is 0 Å². The molecule has 0 unspecified atom stereocenters. The molecule has 0 saturated carbocycles. The van der Waals surface area contributed by atoms with Gasteiger partial charge in [0.25, 0.3) is 0 Å². The normalized spacial score (nSPS) is 11.7. The van der Waals surface area contributed by atoms with Crippen molar-refractivity contribution in [3.63, 3.8) is 0 Å². The molecule has 0 aromatic carbocycles. The molecule has 104 valence electrons. The monoisotopic (exact) mass is 249 g/mol. The molecule has 0 rings (SSSR count). The summed E-state index contributed by atoms with van der Waals surface area (Å²) < 4.78 is 0. The van der Waals surface area contributed by atoms with Crippen molar-refractivity contribution < 1.29 is 0 Å². The van der Waals surface area contributed by atoms with Crippen molar-refractivity contribution in [3.05, 3.63) is 12.3 Å². The minimum Gasteiger partial charge on any atom is -0.378 e. The zero-order valence-electron chi connectivity index (χ0n) is 13.5. The molecular formula is C17H31N. The smallest absolute Gasteiger partial charge is 0.0230 e. The van der Waals surface area contributed by atoms with E-state index in [0.29, 0.717) is 5.41 Å². The van der Waals surface area contributed by atoms with Crippen LogP contribution < -0.4 is 0 Å². The zero-order chi connectivity index (χ0) is 14.4. The van der Waals surface area contributed by atoms with Gasteiger partial charge < -0.3 is 4.90 Å². The number of unbranched alkanes of at least 4 members (excludes halogenated alkanes) is 1. The Morgan fingerprint density at radius 3 is 2.11 bits per heavy atom. The maximum Gasteiger partial charge on any atom is 0.0230 e. The minimum atomic E-state index is 0.125. The Labute approximate surface area is 115 Å². The highest BCUT2D eigenvalue weighted by Gasteiger charge is 2.14. The van der Waals surface area contributed by atoms with Crippen LogP contribution in [0.2, 0.25) is 0 Å². The highest BCUT2D eigenvalue weighted by molar-refractivity contribution is 5.07. The van der Waals surface area contributed by atoms with Gasteiger partial charge in [-0.3, -0.25) is 0 Å². The third-order valence-corrected chi connectivity index (χ3v) is 2.48. The second-order valence-electron chi connectivity index (χ2n) is 7.39. The van der Waals surface area contributed by atoms with Crippen molar-refractivity contribution in [1.29, 1.82) is 0 Å². The second kappa shape index (κ2) is 6.88. The van der Waals surface area contributed by atoms with Crippen LogP contribution in [-0.4, -0.2) is 18.5 Å². The Kier molecular flexibility index (Phi) is 6.54. The van der Waals surface area contributed by atoms with E-state index in [9.17, 15) is 0 Å². The van der Waals surface area contributed by atoms with E-state index >= 15 is 0 Å². The van der Waals surface area contributed by atoms with Gasteiger partial charge >= 0.3 is 0 Å². The van der Waals surface area contributed by atoms with Crippen LogP contribution in [0.3, 0.4) is 0 Å². The Bertz CT molecular complexity index is 314. The van der Waals surface area contributed by atoms with Gasteiger partial charge in [-0.05, 0) is 39.0 Å². The third-order valence-electron chi connectivity index (χ3n) is 2.48. The van der Waals surface area contributed by atoms with Gasteiger partial charge in [-0.25, -0.2) is 0 Å². The van der Waals surface area contributed by atoms with Crippen LogP contribution in [0.25, 0.3) is 0 Å². The molecule has 0 aromatic heterocycles. The van der Waals surface area contributed by atoms with Crippen molar-refractivity contribution in [2.45, 2.75) is 60.8 Å². The number of hydrogen-bond acceptors (Lipinski definition) is 1. The summed E-state index contributed by atoms with van der Waals surface area (Å²) in [6.45, 7) is 18.4. The SMILES string of the molecule is C=C(CCCC#CC(C)(C)C)N(C)CC(C)(C)C. The van der Waals surface area contributed by atoms with E-state index in [-0.39, 0.29) is 5.41 Å². The van der Waals surface area contributed by atoms with E-state index in [1.165, 1.54) is 5.70 Å². The average molecular weight is 249 g/mol. The molecule has 0 amide bonds. The van der Waals surface area contributed by atoms with Crippen LogP contribution in [0, 0.1) is 22.7 Å². The van der Waals surface area contributed by atoms with Crippen molar-refractivity contribution in [1.82, 2.24) is 4.90 Å².